The Morgan fingerprint density at radius 3 is 2.52 bits per heavy atom. The predicted octanol–water partition coefficient (Wildman–Crippen LogP) is 2.52. The minimum Gasteiger partial charge on any atom is -0.495 e. The molecular formula is C19H20N2O4. The molecular weight excluding hydrogens is 320 g/mol. The van der Waals surface area contributed by atoms with Crippen LogP contribution in [0.3, 0.4) is 0 Å². The number of carbonyl (C=O) groups excluding carboxylic acids is 2. The Bertz CT molecular complexity index is 783. The highest BCUT2D eigenvalue weighted by Gasteiger charge is 2.05. The molecule has 0 atom stereocenters. The lowest BCUT2D eigenvalue weighted by molar-refractivity contribution is -0.120. The van der Waals surface area contributed by atoms with Crippen LogP contribution in [0.15, 0.2) is 48.5 Å². The van der Waals surface area contributed by atoms with E-state index in [1.165, 1.54) is 6.08 Å². The summed E-state index contributed by atoms with van der Waals surface area (Å²) in [7, 11) is 1.55. The number of aryl methyl sites for hydroxylation is 1. The lowest BCUT2D eigenvalue weighted by atomic mass is 10.2. The molecule has 0 unspecified atom stereocenters. The fraction of sp³-hybridized carbons (Fsp3) is 0.158. The molecule has 0 aliphatic heterocycles. The van der Waals surface area contributed by atoms with Crippen LogP contribution in [0, 0.1) is 6.92 Å². The van der Waals surface area contributed by atoms with E-state index in [9.17, 15) is 9.59 Å². The number of hydrogen-bond acceptors (Lipinski definition) is 4. The smallest absolute Gasteiger partial charge is 0.255 e. The lowest BCUT2D eigenvalue weighted by Crippen LogP contribution is -2.19. The molecule has 130 valence electrons. The molecule has 0 saturated heterocycles. The maximum atomic E-state index is 12.1. The number of anilines is 1. The second-order valence-electron chi connectivity index (χ2n) is 5.35. The van der Waals surface area contributed by atoms with E-state index < -0.39 is 5.91 Å². The fourth-order valence-electron chi connectivity index (χ4n) is 2.10. The first-order chi connectivity index (χ1) is 12.0. The van der Waals surface area contributed by atoms with Crippen LogP contribution in [-0.4, -0.2) is 25.5 Å². The summed E-state index contributed by atoms with van der Waals surface area (Å²) in [5, 5.41) is 2.79. The Morgan fingerprint density at radius 2 is 1.88 bits per heavy atom. The van der Waals surface area contributed by atoms with Gasteiger partial charge in [0, 0.05) is 6.08 Å². The Kier molecular flexibility index (Phi) is 6.17. The number of nitrogens with two attached hydrogens (primary N) is 1. The molecule has 2 aromatic rings. The van der Waals surface area contributed by atoms with Gasteiger partial charge in [0.05, 0.1) is 12.8 Å². The number of rotatable bonds is 7. The van der Waals surface area contributed by atoms with Gasteiger partial charge in [-0.3, -0.25) is 9.59 Å². The summed E-state index contributed by atoms with van der Waals surface area (Å²) in [5.41, 5.74) is 7.47. The first-order valence-corrected chi connectivity index (χ1v) is 7.63. The summed E-state index contributed by atoms with van der Waals surface area (Å²) in [6.07, 6.45) is 3.11. The number of methoxy groups -OCH3 is 1. The Balaban J connectivity index is 1.98. The zero-order valence-electron chi connectivity index (χ0n) is 14.1. The van der Waals surface area contributed by atoms with Gasteiger partial charge in [0.25, 0.3) is 5.91 Å². The average molecular weight is 340 g/mol. The molecule has 6 nitrogen and oxygen atoms in total. The van der Waals surface area contributed by atoms with Crippen LogP contribution in [-0.2, 0) is 9.59 Å². The van der Waals surface area contributed by atoms with Crippen LogP contribution < -0.4 is 20.5 Å². The summed E-state index contributed by atoms with van der Waals surface area (Å²) in [5.74, 6) is 0.332. The molecule has 25 heavy (non-hydrogen) atoms. The van der Waals surface area contributed by atoms with E-state index in [2.05, 4.69) is 5.32 Å². The van der Waals surface area contributed by atoms with Crippen molar-refractivity contribution in [3.05, 3.63) is 59.7 Å². The maximum absolute atomic E-state index is 12.1. The quantitative estimate of drug-likeness (QED) is 0.758. The molecule has 3 N–H and O–H groups in total. The van der Waals surface area contributed by atoms with Crippen molar-refractivity contribution >= 4 is 23.6 Å². The van der Waals surface area contributed by atoms with Crippen molar-refractivity contribution in [2.45, 2.75) is 6.92 Å². The van der Waals surface area contributed by atoms with E-state index in [0.29, 0.717) is 17.2 Å². The van der Waals surface area contributed by atoms with Crippen LogP contribution in [0.25, 0.3) is 6.08 Å². The first-order valence-electron chi connectivity index (χ1n) is 7.63. The molecule has 2 aromatic carbocycles. The van der Waals surface area contributed by atoms with Crippen molar-refractivity contribution in [1.29, 1.82) is 0 Å². The highest BCUT2D eigenvalue weighted by atomic mass is 16.5. The van der Waals surface area contributed by atoms with Crippen LogP contribution in [0.1, 0.15) is 11.1 Å². The highest BCUT2D eigenvalue weighted by molar-refractivity contribution is 6.02. The molecule has 6 heteroatoms. The first kappa shape index (κ1) is 18.1. The number of ether oxygens (including phenoxy) is 2. The molecule has 0 fully saturated rings. The monoisotopic (exact) mass is 340 g/mol. The summed E-state index contributed by atoms with van der Waals surface area (Å²) >= 11 is 0. The van der Waals surface area contributed by atoms with E-state index in [1.807, 2.05) is 19.1 Å². The third kappa shape index (κ3) is 5.69. The van der Waals surface area contributed by atoms with Gasteiger partial charge in [-0.05, 0) is 48.4 Å². The fourth-order valence-corrected chi connectivity index (χ4v) is 2.10. The molecule has 0 aliphatic carbocycles. The van der Waals surface area contributed by atoms with Crippen molar-refractivity contribution in [2.24, 2.45) is 5.73 Å². The Morgan fingerprint density at radius 1 is 1.16 bits per heavy atom. The summed E-state index contributed by atoms with van der Waals surface area (Å²) in [6, 6.07) is 12.5. The van der Waals surface area contributed by atoms with E-state index in [-0.39, 0.29) is 12.5 Å². The minimum absolute atomic E-state index is 0.171. The van der Waals surface area contributed by atoms with E-state index in [4.69, 9.17) is 15.2 Å². The van der Waals surface area contributed by atoms with Crippen LogP contribution >= 0.6 is 0 Å². The van der Waals surface area contributed by atoms with E-state index in [0.717, 1.165) is 11.1 Å². The van der Waals surface area contributed by atoms with E-state index >= 15 is 0 Å². The van der Waals surface area contributed by atoms with Gasteiger partial charge in [-0.1, -0.05) is 18.2 Å². The Labute approximate surface area is 146 Å². The van der Waals surface area contributed by atoms with E-state index in [1.54, 1.807) is 43.5 Å². The van der Waals surface area contributed by atoms with Gasteiger partial charge < -0.3 is 20.5 Å². The SMILES string of the molecule is COc1ccc(C)cc1NC(=O)/C=C/c1ccc(OCC(N)=O)cc1. The standard InChI is InChI=1S/C19H20N2O4/c1-13-3-9-17(24-2)16(11-13)21-19(23)10-6-14-4-7-15(8-5-14)25-12-18(20)22/h3-11H,12H2,1-2H3,(H2,20,22)(H,21,23)/b10-6+. The Hall–Kier alpha value is -3.28. The zero-order chi connectivity index (χ0) is 18.2. The predicted molar refractivity (Wildman–Crippen MR) is 96.5 cm³/mol. The van der Waals surface area contributed by atoms with Gasteiger partial charge in [0.2, 0.25) is 5.91 Å². The largest absolute Gasteiger partial charge is 0.495 e. The molecule has 0 radical (unpaired) electrons. The number of hydrogen-bond donors (Lipinski definition) is 2. The summed E-state index contributed by atoms with van der Waals surface area (Å²) in [6.45, 7) is 1.77. The van der Waals surface area contributed by atoms with Crippen molar-refractivity contribution in [3.8, 4) is 11.5 Å². The second-order valence-corrected chi connectivity index (χ2v) is 5.35. The zero-order valence-corrected chi connectivity index (χ0v) is 14.1. The molecule has 0 aromatic heterocycles. The second kappa shape index (κ2) is 8.54. The third-order valence-corrected chi connectivity index (χ3v) is 3.30. The average Bonchev–Trinajstić information content (AvgIpc) is 2.59. The number of primary amides is 1. The summed E-state index contributed by atoms with van der Waals surface area (Å²) in [4.78, 5) is 22.7. The van der Waals surface area contributed by atoms with Crippen LogP contribution in [0.5, 0.6) is 11.5 Å². The number of nitrogens with one attached hydrogen (secondary N) is 1. The van der Waals surface area contributed by atoms with Gasteiger partial charge >= 0.3 is 0 Å². The van der Waals surface area contributed by atoms with Gasteiger partial charge in [-0.25, -0.2) is 0 Å². The van der Waals surface area contributed by atoms with Crippen molar-refractivity contribution in [3.63, 3.8) is 0 Å². The third-order valence-electron chi connectivity index (χ3n) is 3.30. The van der Waals surface area contributed by atoms with Crippen molar-refractivity contribution < 1.29 is 19.1 Å². The molecule has 0 bridgehead atoms. The highest BCUT2D eigenvalue weighted by Crippen LogP contribution is 2.25. The van der Waals surface area contributed by atoms with Crippen LogP contribution in [0.4, 0.5) is 5.69 Å². The van der Waals surface area contributed by atoms with Crippen molar-refractivity contribution in [2.75, 3.05) is 19.0 Å². The van der Waals surface area contributed by atoms with Crippen molar-refractivity contribution in [1.82, 2.24) is 0 Å². The van der Waals surface area contributed by atoms with Gasteiger partial charge in [0.1, 0.15) is 11.5 Å². The molecule has 0 aliphatic rings. The molecule has 0 heterocycles. The lowest BCUT2D eigenvalue weighted by Gasteiger charge is -2.09. The normalized spacial score (nSPS) is 10.5. The maximum Gasteiger partial charge on any atom is 0.255 e. The number of carbonyl (C=O) groups is 2. The van der Waals surface area contributed by atoms with Gasteiger partial charge in [-0.2, -0.15) is 0 Å². The van der Waals surface area contributed by atoms with Gasteiger partial charge in [0.15, 0.2) is 6.61 Å². The minimum atomic E-state index is -0.535. The van der Waals surface area contributed by atoms with Gasteiger partial charge in [-0.15, -0.1) is 0 Å². The number of benzene rings is 2. The number of amides is 2. The molecule has 2 amide bonds. The van der Waals surface area contributed by atoms with Crippen LogP contribution in [0.2, 0.25) is 0 Å². The topological polar surface area (TPSA) is 90.7 Å². The molecule has 0 spiro atoms. The molecule has 2 rings (SSSR count). The molecule has 0 saturated carbocycles. The summed E-state index contributed by atoms with van der Waals surface area (Å²) < 4.78 is 10.4.